The highest BCUT2D eigenvalue weighted by molar-refractivity contribution is 5.97. The third-order valence-corrected chi connectivity index (χ3v) is 5.45. The fraction of sp³-hybridized carbons (Fsp3) is 0.400. The number of nitrogens with one attached hydrogen (secondary N) is 4. The molecule has 1 aliphatic heterocycles. The first-order chi connectivity index (χ1) is 15.8. The predicted octanol–water partition coefficient (Wildman–Crippen LogP) is 4.20. The first-order valence-electron chi connectivity index (χ1n) is 11.4. The number of amides is 5. The predicted molar refractivity (Wildman–Crippen MR) is 131 cm³/mol. The topological polar surface area (TPSA) is 103 Å². The largest absolute Gasteiger partial charge is 0.338 e. The maximum Gasteiger partial charge on any atom is 0.319 e. The van der Waals surface area contributed by atoms with Crippen LogP contribution in [0.2, 0.25) is 0 Å². The van der Waals surface area contributed by atoms with E-state index in [-0.39, 0.29) is 29.9 Å². The molecule has 2 aromatic carbocycles. The number of rotatable bonds is 6. The summed E-state index contributed by atoms with van der Waals surface area (Å²) in [6.45, 7) is 7.51. The van der Waals surface area contributed by atoms with E-state index in [0.717, 1.165) is 24.1 Å². The summed E-state index contributed by atoms with van der Waals surface area (Å²) in [6.07, 6.45) is 1.83. The molecule has 1 unspecified atom stereocenters. The van der Waals surface area contributed by atoms with Gasteiger partial charge in [0, 0.05) is 42.6 Å². The molecule has 3 rings (SSSR count). The van der Waals surface area contributed by atoms with E-state index in [2.05, 4.69) is 21.3 Å². The summed E-state index contributed by atoms with van der Waals surface area (Å²) in [5, 5.41) is 11.3. The van der Waals surface area contributed by atoms with Crippen LogP contribution in [0.4, 0.5) is 21.0 Å². The van der Waals surface area contributed by atoms with Crippen LogP contribution in [0, 0.1) is 12.8 Å². The monoisotopic (exact) mass is 451 g/mol. The zero-order valence-corrected chi connectivity index (χ0v) is 19.5. The standard InChI is InChI=1S/C25H33N5O3/c1-17(2)27-25(33)29-22-8-4-7-20(14-22)23(31)30-13-5-6-19(16-30)15-26-24(32)28-21-11-9-18(3)10-12-21/h4,7-12,14,17,19H,5-6,13,15-16H2,1-3H3,(H2,26,28,32)(H2,27,29,33). The summed E-state index contributed by atoms with van der Waals surface area (Å²) in [5.41, 5.74) is 2.98. The molecule has 2 aromatic rings. The van der Waals surface area contributed by atoms with Crippen molar-refractivity contribution < 1.29 is 14.4 Å². The minimum atomic E-state index is -0.303. The molecule has 0 spiro atoms. The second-order valence-corrected chi connectivity index (χ2v) is 8.79. The second-order valence-electron chi connectivity index (χ2n) is 8.79. The average molecular weight is 452 g/mol. The molecule has 8 nitrogen and oxygen atoms in total. The molecule has 33 heavy (non-hydrogen) atoms. The summed E-state index contributed by atoms with van der Waals surface area (Å²) in [5.74, 6) is 0.112. The van der Waals surface area contributed by atoms with Gasteiger partial charge in [0.25, 0.3) is 5.91 Å². The normalized spacial score (nSPS) is 15.6. The van der Waals surface area contributed by atoms with E-state index in [0.29, 0.717) is 30.9 Å². The van der Waals surface area contributed by atoms with Gasteiger partial charge in [-0.3, -0.25) is 4.79 Å². The first-order valence-corrected chi connectivity index (χ1v) is 11.4. The zero-order chi connectivity index (χ0) is 23.8. The molecular weight excluding hydrogens is 418 g/mol. The van der Waals surface area contributed by atoms with Crippen molar-refractivity contribution in [3.63, 3.8) is 0 Å². The van der Waals surface area contributed by atoms with Crippen LogP contribution in [0.25, 0.3) is 0 Å². The van der Waals surface area contributed by atoms with Crippen LogP contribution in [0.5, 0.6) is 0 Å². The van der Waals surface area contributed by atoms with Crippen molar-refractivity contribution in [2.45, 2.75) is 39.7 Å². The lowest BCUT2D eigenvalue weighted by Gasteiger charge is -2.33. The van der Waals surface area contributed by atoms with E-state index < -0.39 is 0 Å². The summed E-state index contributed by atoms with van der Waals surface area (Å²) >= 11 is 0. The molecule has 0 saturated carbocycles. The smallest absolute Gasteiger partial charge is 0.319 e. The Morgan fingerprint density at radius 1 is 1.00 bits per heavy atom. The van der Waals surface area contributed by atoms with Gasteiger partial charge in [-0.25, -0.2) is 9.59 Å². The number of aryl methyl sites for hydroxylation is 1. The van der Waals surface area contributed by atoms with E-state index in [4.69, 9.17) is 0 Å². The SMILES string of the molecule is Cc1ccc(NC(=O)NCC2CCCN(C(=O)c3cccc(NC(=O)NC(C)C)c3)C2)cc1. The molecule has 0 bridgehead atoms. The lowest BCUT2D eigenvalue weighted by molar-refractivity contribution is 0.0675. The quantitative estimate of drug-likeness (QED) is 0.529. The minimum absolute atomic E-state index is 0.0210. The van der Waals surface area contributed by atoms with Crippen LogP contribution in [0.3, 0.4) is 0 Å². The third kappa shape index (κ3) is 7.52. The number of piperidine rings is 1. The molecule has 5 amide bonds. The summed E-state index contributed by atoms with van der Waals surface area (Å²) in [7, 11) is 0. The molecule has 176 valence electrons. The Balaban J connectivity index is 1.51. The van der Waals surface area contributed by atoms with Crippen LogP contribution >= 0.6 is 0 Å². The van der Waals surface area contributed by atoms with Gasteiger partial charge < -0.3 is 26.2 Å². The molecule has 8 heteroatoms. The van der Waals surface area contributed by atoms with E-state index in [1.165, 1.54) is 0 Å². The van der Waals surface area contributed by atoms with Crippen LogP contribution in [0.15, 0.2) is 48.5 Å². The summed E-state index contributed by atoms with van der Waals surface area (Å²) in [4.78, 5) is 39.1. The van der Waals surface area contributed by atoms with Gasteiger partial charge in [0.05, 0.1) is 0 Å². The lowest BCUT2D eigenvalue weighted by atomic mass is 9.97. The number of nitrogens with zero attached hydrogens (tertiary/aromatic N) is 1. The Morgan fingerprint density at radius 2 is 1.73 bits per heavy atom. The maximum atomic E-state index is 13.1. The van der Waals surface area contributed by atoms with Crippen molar-refractivity contribution in [1.29, 1.82) is 0 Å². The molecule has 0 aliphatic carbocycles. The van der Waals surface area contributed by atoms with Crippen molar-refractivity contribution in [2.75, 3.05) is 30.3 Å². The Labute approximate surface area is 195 Å². The summed E-state index contributed by atoms with van der Waals surface area (Å²) < 4.78 is 0. The van der Waals surface area contributed by atoms with Gasteiger partial charge in [-0.15, -0.1) is 0 Å². The van der Waals surface area contributed by atoms with Crippen LogP contribution < -0.4 is 21.3 Å². The van der Waals surface area contributed by atoms with Gasteiger partial charge >= 0.3 is 12.1 Å². The van der Waals surface area contributed by atoms with Crippen LogP contribution in [-0.2, 0) is 0 Å². The van der Waals surface area contributed by atoms with Crippen molar-refractivity contribution >= 4 is 29.3 Å². The van der Waals surface area contributed by atoms with E-state index >= 15 is 0 Å². The number of hydrogen-bond acceptors (Lipinski definition) is 3. The van der Waals surface area contributed by atoms with Crippen LogP contribution in [-0.4, -0.2) is 48.5 Å². The number of likely N-dealkylation sites (tertiary alicyclic amines) is 1. The number of carbonyl (C=O) groups is 3. The molecule has 1 saturated heterocycles. The molecule has 4 N–H and O–H groups in total. The van der Waals surface area contributed by atoms with Gasteiger partial charge in [-0.2, -0.15) is 0 Å². The summed E-state index contributed by atoms with van der Waals surface area (Å²) in [6, 6.07) is 14.1. The minimum Gasteiger partial charge on any atom is -0.338 e. The van der Waals surface area contributed by atoms with E-state index in [9.17, 15) is 14.4 Å². The van der Waals surface area contributed by atoms with E-state index in [1.807, 2.05) is 49.9 Å². The number of hydrogen-bond donors (Lipinski definition) is 4. The number of carbonyl (C=O) groups excluding carboxylic acids is 3. The Kier molecular flexibility index (Phi) is 8.29. The number of benzene rings is 2. The van der Waals surface area contributed by atoms with Crippen molar-refractivity contribution in [3.05, 3.63) is 59.7 Å². The third-order valence-electron chi connectivity index (χ3n) is 5.45. The molecule has 0 aromatic heterocycles. The highest BCUT2D eigenvalue weighted by Crippen LogP contribution is 2.20. The molecule has 1 aliphatic rings. The Morgan fingerprint density at radius 3 is 2.45 bits per heavy atom. The lowest BCUT2D eigenvalue weighted by Crippen LogP contribution is -2.44. The molecule has 1 fully saturated rings. The molecule has 1 atom stereocenters. The molecular formula is C25H33N5O3. The highest BCUT2D eigenvalue weighted by Gasteiger charge is 2.25. The zero-order valence-electron chi connectivity index (χ0n) is 19.5. The Hall–Kier alpha value is -3.55. The fourth-order valence-corrected chi connectivity index (χ4v) is 3.81. The molecule has 0 radical (unpaired) electrons. The van der Waals surface area contributed by atoms with Gasteiger partial charge in [0.15, 0.2) is 0 Å². The van der Waals surface area contributed by atoms with Gasteiger partial charge in [0.1, 0.15) is 0 Å². The van der Waals surface area contributed by atoms with Gasteiger partial charge in [-0.1, -0.05) is 23.8 Å². The first kappa shape index (κ1) is 24.1. The average Bonchev–Trinajstić information content (AvgIpc) is 2.78. The van der Waals surface area contributed by atoms with Crippen molar-refractivity contribution in [1.82, 2.24) is 15.5 Å². The number of urea groups is 2. The van der Waals surface area contributed by atoms with Crippen molar-refractivity contribution in [3.8, 4) is 0 Å². The van der Waals surface area contributed by atoms with Crippen LogP contribution in [0.1, 0.15) is 42.6 Å². The number of anilines is 2. The maximum absolute atomic E-state index is 13.1. The van der Waals surface area contributed by atoms with Gasteiger partial charge in [-0.05, 0) is 69.9 Å². The van der Waals surface area contributed by atoms with Crippen molar-refractivity contribution in [2.24, 2.45) is 5.92 Å². The second kappa shape index (κ2) is 11.4. The highest BCUT2D eigenvalue weighted by atomic mass is 16.2. The van der Waals surface area contributed by atoms with E-state index in [1.54, 1.807) is 24.3 Å². The Bertz CT molecular complexity index is 974. The fourth-order valence-electron chi connectivity index (χ4n) is 3.81. The van der Waals surface area contributed by atoms with Gasteiger partial charge in [0.2, 0.25) is 0 Å². The molecule has 1 heterocycles.